The third-order valence-electron chi connectivity index (χ3n) is 4.30. The molecule has 0 bridgehead atoms. The second kappa shape index (κ2) is 7.38. The highest BCUT2D eigenvalue weighted by atomic mass is 32.3. The van der Waals surface area contributed by atoms with Gasteiger partial charge in [0.15, 0.2) is 0 Å². The quantitative estimate of drug-likeness (QED) is 0.496. The van der Waals surface area contributed by atoms with Crippen molar-refractivity contribution >= 4 is 16.3 Å². The van der Waals surface area contributed by atoms with Crippen molar-refractivity contribution in [3.05, 3.63) is 89.5 Å². The van der Waals surface area contributed by atoms with Crippen LogP contribution in [0.4, 0.5) is 0 Å². The van der Waals surface area contributed by atoms with Crippen LogP contribution in [0, 0.1) is 20.8 Å². The van der Waals surface area contributed by atoms with Gasteiger partial charge in [0, 0.05) is 0 Å². The van der Waals surface area contributed by atoms with Crippen molar-refractivity contribution < 1.29 is 8.98 Å². The molecule has 0 radical (unpaired) electrons. The van der Waals surface area contributed by atoms with Gasteiger partial charge in [0.1, 0.15) is 0 Å². The zero-order valence-corrected chi connectivity index (χ0v) is 16.5. The van der Waals surface area contributed by atoms with Crippen molar-refractivity contribution in [3.63, 3.8) is 0 Å². The van der Waals surface area contributed by atoms with Crippen molar-refractivity contribution in [2.45, 2.75) is 42.4 Å². The highest BCUT2D eigenvalue weighted by Crippen LogP contribution is 2.69. The molecule has 3 aromatic rings. The first-order valence-electron chi connectivity index (χ1n) is 8.67. The summed E-state index contributed by atoms with van der Waals surface area (Å²) in [5.74, 6) is -0.0262. The van der Waals surface area contributed by atoms with Crippen LogP contribution in [0.3, 0.4) is 0 Å². The maximum absolute atomic E-state index is 10.2. The zero-order valence-electron chi connectivity index (χ0n) is 15.7. The molecule has 26 heavy (non-hydrogen) atoms. The fraction of sp³-hybridized carbons (Fsp3) is 0.174. The molecule has 0 aliphatic carbocycles. The number of rotatable bonds is 4. The molecular weight excluding hydrogens is 340 g/mol. The van der Waals surface area contributed by atoms with Gasteiger partial charge in [-0.05, 0) is 57.2 Å². The molecule has 0 amide bonds. The minimum atomic E-state index is -2.07. The van der Waals surface area contributed by atoms with Crippen molar-refractivity contribution in [1.82, 2.24) is 0 Å². The van der Waals surface area contributed by atoms with E-state index in [0.717, 1.165) is 14.7 Å². The maximum Gasteiger partial charge on any atom is 0.492 e. The van der Waals surface area contributed by atoms with E-state index in [0.29, 0.717) is 0 Å². The van der Waals surface area contributed by atoms with E-state index < -0.39 is 10.3 Å². The molecule has 0 unspecified atom stereocenters. The van der Waals surface area contributed by atoms with Crippen molar-refractivity contribution in [2.24, 2.45) is 0 Å². The van der Waals surface area contributed by atoms with Gasteiger partial charge in [-0.1, -0.05) is 53.1 Å². The molecule has 0 atom stereocenters. The van der Waals surface area contributed by atoms with Crippen LogP contribution in [-0.2, 0) is 4.18 Å². The van der Waals surface area contributed by atoms with Crippen molar-refractivity contribution in [2.75, 3.05) is 0 Å². The Morgan fingerprint density at radius 1 is 0.615 bits per heavy atom. The lowest BCUT2D eigenvalue weighted by Gasteiger charge is -2.33. The molecule has 3 aromatic carbocycles. The molecule has 1 N–H and O–H groups in total. The highest BCUT2D eigenvalue weighted by Gasteiger charge is 2.41. The van der Waals surface area contributed by atoms with Crippen LogP contribution in [0.15, 0.2) is 87.5 Å². The second-order valence-corrected chi connectivity index (χ2v) is 9.29. The number of carbonyl (C=O) groups excluding carboxylic acids is 1. The SMILES string of the molecule is CC(=[OH+])OS(c1ccc(C)cc1)(c1ccc(C)cc1)c1ccc(C)cc1. The molecule has 0 aliphatic heterocycles. The molecule has 0 heterocycles. The summed E-state index contributed by atoms with van der Waals surface area (Å²) in [6.07, 6.45) is 0. The fourth-order valence-corrected chi connectivity index (χ4v) is 5.95. The van der Waals surface area contributed by atoms with Gasteiger partial charge in [0.2, 0.25) is 0 Å². The van der Waals surface area contributed by atoms with Crippen LogP contribution in [-0.4, -0.2) is 10.8 Å². The average molecular weight is 366 g/mol. The number of aryl methyl sites for hydroxylation is 3. The summed E-state index contributed by atoms with van der Waals surface area (Å²) in [7, 11) is -2.07. The van der Waals surface area contributed by atoms with Crippen molar-refractivity contribution in [3.8, 4) is 0 Å². The summed E-state index contributed by atoms with van der Waals surface area (Å²) >= 11 is 0. The first kappa shape index (κ1) is 18.3. The highest BCUT2D eigenvalue weighted by molar-refractivity contribution is 8.30. The smallest absolute Gasteiger partial charge is 0.338 e. The minimum absolute atomic E-state index is 0.0262. The van der Waals surface area contributed by atoms with Crippen LogP contribution < -0.4 is 0 Å². The first-order valence-corrected chi connectivity index (χ1v) is 10.2. The van der Waals surface area contributed by atoms with E-state index in [2.05, 4.69) is 93.6 Å². The van der Waals surface area contributed by atoms with E-state index in [1.807, 2.05) is 0 Å². The third kappa shape index (κ3) is 3.54. The molecule has 134 valence electrons. The Hall–Kier alpha value is -2.52. The van der Waals surface area contributed by atoms with E-state index >= 15 is 0 Å². The molecule has 3 heteroatoms. The standard InChI is InChI=1S/C23H24O2S/c1-17-5-11-21(12-6-17)26(25-20(4)24,22-13-7-18(2)8-14-22)23-15-9-19(3)10-16-23/h5-16H,1-4H3/p+1. The number of hydrogen-bond acceptors (Lipinski definition) is 1. The summed E-state index contributed by atoms with van der Waals surface area (Å²) in [6.45, 7) is 7.81. The number of benzene rings is 3. The van der Waals surface area contributed by atoms with Gasteiger partial charge in [-0.2, -0.15) is 0 Å². The summed E-state index contributed by atoms with van der Waals surface area (Å²) < 4.78 is 6.27. The molecule has 0 saturated heterocycles. The lowest BCUT2D eigenvalue weighted by Crippen LogP contribution is -2.11. The minimum Gasteiger partial charge on any atom is -0.338 e. The normalized spacial score (nSPS) is 11.8. The van der Waals surface area contributed by atoms with Gasteiger partial charge < -0.3 is 4.79 Å². The monoisotopic (exact) mass is 365 g/mol. The van der Waals surface area contributed by atoms with Gasteiger partial charge in [-0.3, -0.25) is 4.18 Å². The lowest BCUT2D eigenvalue weighted by molar-refractivity contribution is 0.496. The van der Waals surface area contributed by atoms with E-state index in [9.17, 15) is 4.79 Å². The van der Waals surface area contributed by atoms with Gasteiger partial charge in [-0.15, -0.1) is 0 Å². The molecule has 3 rings (SSSR count). The lowest BCUT2D eigenvalue weighted by atomic mass is 10.2. The average Bonchev–Trinajstić information content (AvgIpc) is 2.62. The Kier molecular flexibility index (Phi) is 5.19. The molecule has 0 spiro atoms. The summed E-state index contributed by atoms with van der Waals surface area (Å²) in [5.41, 5.74) is 3.58. The molecular formula is C23H25O2S+. The predicted molar refractivity (Wildman–Crippen MR) is 110 cm³/mol. The largest absolute Gasteiger partial charge is 0.492 e. The van der Waals surface area contributed by atoms with Gasteiger partial charge in [0.25, 0.3) is 0 Å². The van der Waals surface area contributed by atoms with Crippen molar-refractivity contribution in [1.29, 1.82) is 0 Å². The molecule has 0 saturated carbocycles. The van der Waals surface area contributed by atoms with Crippen LogP contribution in [0.5, 0.6) is 0 Å². The Morgan fingerprint density at radius 2 is 0.885 bits per heavy atom. The molecule has 0 aromatic heterocycles. The maximum atomic E-state index is 10.2. The Labute approximate surface area is 157 Å². The van der Waals surface area contributed by atoms with E-state index in [-0.39, 0.29) is 5.97 Å². The molecule has 2 nitrogen and oxygen atoms in total. The van der Waals surface area contributed by atoms with Crippen LogP contribution in [0.2, 0.25) is 0 Å². The topological polar surface area (TPSA) is 30.6 Å². The summed E-state index contributed by atoms with van der Waals surface area (Å²) in [6, 6.07) is 25.2. The van der Waals surface area contributed by atoms with Crippen LogP contribution in [0.1, 0.15) is 23.6 Å². The van der Waals surface area contributed by atoms with E-state index in [1.54, 1.807) is 6.92 Å². The van der Waals surface area contributed by atoms with Crippen LogP contribution in [0.25, 0.3) is 0 Å². The van der Waals surface area contributed by atoms with Gasteiger partial charge >= 0.3 is 5.97 Å². The Bertz CT molecular complexity index is 784. The Morgan fingerprint density at radius 3 is 1.12 bits per heavy atom. The van der Waals surface area contributed by atoms with E-state index in [1.165, 1.54) is 16.7 Å². The third-order valence-corrected chi connectivity index (χ3v) is 7.60. The Balaban J connectivity index is 2.33. The summed E-state index contributed by atoms with van der Waals surface area (Å²) in [5, 5.41) is 0. The molecule has 0 fully saturated rings. The van der Waals surface area contributed by atoms with Gasteiger partial charge in [0.05, 0.1) is 31.9 Å². The second-order valence-electron chi connectivity index (χ2n) is 6.60. The zero-order chi connectivity index (χ0) is 18.7. The fourth-order valence-electron chi connectivity index (χ4n) is 2.92. The first-order chi connectivity index (χ1) is 12.4. The summed E-state index contributed by atoms with van der Waals surface area (Å²) in [4.78, 5) is 13.3. The van der Waals surface area contributed by atoms with Crippen LogP contribution >= 0.6 is 10.3 Å². The van der Waals surface area contributed by atoms with Gasteiger partial charge in [-0.25, -0.2) is 0 Å². The predicted octanol–water partition coefficient (Wildman–Crippen LogP) is 6.35. The number of hydrogen-bond donors (Lipinski definition) is 0. The molecule has 0 aliphatic rings. The van der Waals surface area contributed by atoms with E-state index in [4.69, 9.17) is 4.18 Å².